The van der Waals surface area contributed by atoms with Crippen LogP contribution in [0.25, 0.3) is 0 Å². The van der Waals surface area contributed by atoms with Gasteiger partial charge in [0.15, 0.2) is 0 Å². The average molecular weight is 256 g/mol. The van der Waals surface area contributed by atoms with E-state index in [1.54, 1.807) is 0 Å². The molecule has 1 rings (SSSR count). The number of hydrogen-bond donors (Lipinski definition) is 1. The number of ether oxygens (including phenoxy) is 1. The maximum absolute atomic E-state index is 11.3. The molecule has 0 unspecified atom stereocenters. The van der Waals surface area contributed by atoms with E-state index in [1.807, 2.05) is 45.9 Å². The molecule has 0 saturated heterocycles. The first-order chi connectivity index (χ1) is 7.81. The monoisotopic (exact) mass is 255 g/mol. The SMILES string of the molecule is Cc1ccc(OC(C)(C)C)c(NC(=O)CCl)c1. The Hall–Kier alpha value is -1.22. The molecule has 0 atom stereocenters. The predicted molar refractivity (Wildman–Crippen MR) is 70.9 cm³/mol. The van der Waals surface area contributed by atoms with E-state index in [0.29, 0.717) is 11.4 Å². The molecule has 1 aromatic rings. The molecule has 0 spiro atoms. The van der Waals surface area contributed by atoms with Crippen molar-refractivity contribution >= 4 is 23.2 Å². The van der Waals surface area contributed by atoms with Gasteiger partial charge in [-0.3, -0.25) is 4.79 Å². The molecule has 0 aliphatic rings. The van der Waals surface area contributed by atoms with Crippen LogP contribution in [0.4, 0.5) is 5.69 Å². The number of benzene rings is 1. The van der Waals surface area contributed by atoms with E-state index < -0.39 is 0 Å². The fraction of sp³-hybridized carbons (Fsp3) is 0.462. The first-order valence-corrected chi connectivity index (χ1v) is 6.01. The van der Waals surface area contributed by atoms with Crippen LogP contribution in [0.2, 0.25) is 0 Å². The van der Waals surface area contributed by atoms with E-state index in [-0.39, 0.29) is 17.4 Å². The van der Waals surface area contributed by atoms with Crippen molar-refractivity contribution in [1.29, 1.82) is 0 Å². The van der Waals surface area contributed by atoms with E-state index >= 15 is 0 Å². The molecule has 1 amide bonds. The van der Waals surface area contributed by atoms with Gasteiger partial charge in [-0.1, -0.05) is 6.07 Å². The van der Waals surface area contributed by atoms with Gasteiger partial charge in [0.1, 0.15) is 17.2 Å². The highest BCUT2D eigenvalue weighted by molar-refractivity contribution is 6.29. The average Bonchev–Trinajstić information content (AvgIpc) is 2.20. The Morgan fingerprint density at radius 3 is 2.59 bits per heavy atom. The number of rotatable bonds is 3. The van der Waals surface area contributed by atoms with Crippen LogP contribution in [0.15, 0.2) is 18.2 Å². The molecule has 3 nitrogen and oxygen atoms in total. The lowest BCUT2D eigenvalue weighted by Crippen LogP contribution is -2.24. The second kappa shape index (κ2) is 5.41. The van der Waals surface area contributed by atoms with Crippen LogP contribution in [-0.2, 0) is 4.79 Å². The molecule has 94 valence electrons. The zero-order chi connectivity index (χ0) is 13.1. The number of aryl methyl sites for hydroxylation is 1. The molecule has 17 heavy (non-hydrogen) atoms. The largest absolute Gasteiger partial charge is 0.486 e. The molecule has 0 saturated carbocycles. The highest BCUT2D eigenvalue weighted by atomic mass is 35.5. The summed E-state index contributed by atoms with van der Waals surface area (Å²) in [4.78, 5) is 11.3. The zero-order valence-electron chi connectivity index (χ0n) is 10.6. The summed E-state index contributed by atoms with van der Waals surface area (Å²) >= 11 is 5.47. The van der Waals surface area contributed by atoms with Gasteiger partial charge in [-0.25, -0.2) is 0 Å². The molecule has 0 aliphatic heterocycles. The molecule has 1 N–H and O–H groups in total. The molecule has 0 heterocycles. The van der Waals surface area contributed by atoms with Crippen molar-refractivity contribution in [3.8, 4) is 5.75 Å². The molecule has 0 aromatic heterocycles. The topological polar surface area (TPSA) is 38.3 Å². The number of halogens is 1. The third-order valence-electron chi connectivity index (χ3n) is 1.95. The molecular weight excluding hydrogens is 238 g/mol. The Balaban J connectivity index is 2.99. The van der Waals surface area contributed by atoms with Gasteiger partial charge in [0.25, 0.3) is 0 Å². The molecule has 4 heteroatoms. The summed E-state index contributed by atoms with van der Waals surface area (Å²) in [6.07, 6.45) is 0. The summed E-state index contributed by atoms with van der Waals surface area (Å²) in [5.41, 5.74) is 1.40. The Bertz CT molecular complexity index is 410. The smallest absolute Gasteiger partial charge is 0.239 e. The summed E-state index contributed by atoms with van der Waals surface area (Å²) in [6.45, 7) is 7.83. The maximum atomic E-state index is 11.3. The number of carbonyl (C=O) groups excluding carboxylic acids is 1. The van der Waals surface area contributed by atoms with E-state index in [0.717, 1.165) is 5.56 Å². The zero-order valence-corrected chi connectivity index (χ0v) is 11.4. The van der Waals surface area contributed by atoms with Crippen LogP contribution in [0.1, 0.15) is 26.3 Å². The summed E-state index contributed by atoms with van der Waals surface area (Å²) in [5, 5.41) is 2.73. The molecule has 1 aromatic carbocycles. The standard InChI is InChI=1S/C13H18ClNO2/c1-9-5-6-11(17-13(2,3)4)10(7-9)15-12(16)8-14/h5-7H,8H2,1-4H3,(H,15,16). The van der Waals surface area contributed by atoms with Crippen molar-refractivity contribution in [2.45, 2.75) is 33.3 Å². The molecule has 0 radical (unpaired) electrons. The van der Waals surface area contributed by atoms with Gasteiger partial charge in [0.2, 0.25) is 5.91 Å². The van der Waals surface area contributed by atoms with Crippen LogP contribution in [0.5, 0.6) is 5.75 Å². The van der Waals surface area contributed by atoms with Crippen molar-refractivity contribution in [2.24, 2.45) is 0 Å². The Morgan fingerprint density at radius 2 is 2.06 bits per heavy atom. The van der Waals surface area contributed by atoms with Gasteiger partial charge in [-0.2, -0.15) is 0 Å². The molecule has 0 aliphatic carbocycles. The van der Waals surface area contributed by atoms with E-state index in [4.69, 9.17) is 16.3 Å². The van der Waals surface area contributed by atoms with Crippen molar-refractivity contribution in [1.82, 2.24) is 0 Å². The highest BCUT2D eigenvalue weighted by Crippen LogP contribution is 2.29. The van der Waals surface area contributed by atoms with Crippen LogP contribution in [0, 0.1) is 6.92 Å². The number of hydrogen-bond acceptors (Lipinski definition) is 2. The fourth-order valence-electron chi connectivity index (χ4n) is 1.34. The van der Waals surface area contributed by atoms with Gasteiger partial charge in [0.05, 0.1) is 5.69 Å². The normalized spacial score (nSPS) is 11.1. The van der Waals surface area contributed by atoms with E-state index in [2.05, 4.69) is 5.32 Å². The summed E-state index contributed by atoms with van der Waals surface area (Å²) in [6, 6.07) is 5.66. The molecular formula is C13H18ClNO2. The summed E-state index contributed by atoms with van der Waals surface area (Å²) in [5.74, 6) is 0.348. The quantitative estimate of drug-likeness (QED) is 0.842. The van der Waals surface area contributed by atoms with Crippen LogP contribution in [-0.4, -0.2) is 17.4 Å². The Kier molecular flexibility index (Phi) is 4.40. The van der Waals surface area contributed by atoms with Crippen molar-refractivity contribution in [3.63, 3.8) is 0 Å². The van der Waals surface area contributed by atoms with Crippen molar-refractivity contribution < 1.29 is 9.53 Å². The maximum Gasteiger partial charge on any atom is 0.239 e. The number of nitrogens with one attached hydrogen (secondary N) is 1. The lowest BCUT2D eigenvalue weighted by Gasteiger charge is -2.23. The van der Waals surface area contributed by atoms with Gasteiger partial charge < -0.3 is 10.1 Å². The number of amides is 1. The van der Waals surface area contributed by atoms with E-state index in [9.17, 15) is 4.79 Å². The minimum atomic E-state index is -0.310. The first-order valence-electron chi connectivity index (χ1n) is 5.47. The fourth-order valence-corrected chi connectivity index (χ4v) is 1.41. The van der Waals surface area contributed by atoms with Crippen molar-refractivity contribution in [3.05, 3.63) is 23.8 Å². The third-order valence-corrected chi connectivity index (χ3v) is 2.19. The van der Waals surface area contributed by atoms with Gasteiger partial charge in [0, 0.05) is 0 Å². The lowest BCUT2D eigenvalue weighted by molar-refractivity contribution is -0.113. The molecule has 0 bridgehead atoms. The number of alkyl halides is 1. The van der Waals surface area contributed by atoms with E-state index in [1.165, 1.54) is 0 Å². The van der Waals surface area contributed by atoms with Crippen LogP contribution < -0.4 is 10.1 Å². The summed E-state index contributed by atoms with van der Waals surface area (Å²) in [7, 11) is 0. The van der Waals surface area contributed by atoms with Gasteiger partial charge in [-0.05, 0) is 45.4 Å². The Morgan fingerprint density at radius 1 is 1.41 bits per heavy atom. The highest BCUT2D eigenvalue weighted by Gasteiger charge is 2.15. The third kappa shape index (κ3) is 4.65. The van der Waals surface area contributed by atoms with Gasteiger partial charge in [-0.15, -0.1) is 11.6 Å². The Labute approximate surface area is 107 Å². The number of carbonyl (C=O) groups is 1. The predicted octanol–water partition coefficient (Wildman–Crippen LogP) is 3.35. The van der Waals surface area contributed by atoms with Crippen molar-refractivity contribution in [2.75, 3.05) is 11.2 Å². The van der Waals surface area contributed by atoms with Gasteiger partial charge >= 0.3 is 0 Å². The summed E-state index contributed by atoms with van der Waals surface area (Å²) < 4.78 is 5.78. The second-order valence-corrected chi connectivity index (χ2v) is 5.16. The second-order valence-electron chi connectivity index (χ2n) is 4.90. The lowest BCUT2D eigenvalue weighted by atomic mass is 10.1. The minimum absolute atomic E-state index is 0.0666. The number of anilines is 1. The first kappa shape index (κ1) is 13.8. The van der Waals surface area contributed by atoms with Crippen LogP contribution >= 0.6 is 11.6 Å². The molecule has 0 fully saturated rings. The minimum Gasteiger partial charge on any atom is -0.486 e. The van der Waals surface area contributed by atoms with Crippen LogP contribution in [0.3, 0.4) is 0 Å².